The lowest BCUT2D eigenvalue weighted by atomic mass is 10.1. The van der Waals surface area contributed by atoms with Crippen LogP contribution < -0.4 is 5.32 Å². The Hall–Kier alpha value is -1.50. The van der Waals surface area contributed by atoms with Crippen molar-refractivity contribution in [1.29, 1.82) is 0 Å². The highest BCUT2D eigenvalue weighted by molar-refractivity contribution is 7.92. The van der Waals surface area contributed by atoms with Crippen LogP contribution in [0, 0.1) is 0 Å². The molecule has 0 radical (unpaired) electrons. The molecule has 0 aliphatic carbocycles. The summed E-state index contributed by atoms with van der Waals surface area (Å²) in [6.45, 7) is 4.03. The molecule has 1 amide bonds. The quantitative estimate of drug-likeness (QED) is 0.890. The molecule has 1 aromatic rings. The summed E-state index contributed by atoms with van der Waals surface area (Å²) < 4.78 is 14.9. The monoisotopic (exact) mass is 270 g/mol. The molecule has 0 bridgehead atoms. The molecule has 0 unspecified atom stereocenters. The summed E-state index contributed by atoms with van der Waals surface area (Å²) >= 11 is 0. The average molecular weight is 270 g/mol. The van der Waals surface area contributed by atoms with Gasteiger partial charge in [-0.1, -0.05) is 13.8 Å². The molecule has 18 heavy (non-hydrogen) atoms. The van der Waals surface area contributed by atoms with E-state index in [4.69, 9.17) is 0 Å². The minimum atomic E-state index is -2.40. The van der Waals surface area contributed by atoms with Gasteiger partial charge >= 0.3 is 0 Å². The van der Waals surface area contributed by atoms with Gasteiger partial charge in [0.25, 0.3) is 5.91 Å². The summed E-state index contributed by atoms with van der Waals surface area (Å²) in [4.78, 5) is 19.5. The molecule has 1 aromatic heterocycles. The highest BCUT2D eigenvalue weighted by atomic mass is 32.2. The van der Waals surface area contributed by atoms with Gasteiger partial charge in [0.05, 0.1) is 6.54 Å². The van der Waals surface area contributed by atoms with Gasteiger partial charge in [0.15, 0.2) is 0 Å². The van der Waals surface area contributed by atoms with Gasteiger partial charge in [-0.15, -0.1) is 0 Å². The van der Waals surface area contributed by atoms with E-state index in [1.807, 2.05) is 13.8 Å². The van der Waals surface area contributed by atoms with Crippen molar-refractivity contribution >= 4 is 21.5 Å². The van der Waals surface area contributed by atoms with Crippen LogP contribution in [0.15, 0.2) is 16.8 Å². The van der Waals surface area contributed by atoms with Crippen molar-refractivity contribution in [2.45, 2.75) is 19.8 Å². The fraction of sp³-hybridized carbons (Fsp3) is 0.545. The fourth-order valence-electron chi connectivity index (χ4n) is 1.23. The molecule has 0 aromatic carbocycles. The van der Waals surface area contributed by atoms with Crippen molar-refractivity contribution in [3.8, 4) is 0 Å². The van der Waals surface area contributed by atoms with Crippen LogP contribution in [0.2, 0.25) is 0 Å². The van der Waals surface area contributed by atoms with Crippen molar-refractivity contribution in [2.24, 2.45) is 4.36 Å². The Morgan fingerprint density at radius 1 is 1.44 bits per heavy atom. The lowest BCUT2D eigenvalue weighted by molar-refractivity contribution is -0.116. The van der Waals surface area contributed by atoms with E-state index in [9.17, 15) is 9.00 Å². The number of amides is 1. The molecule has 1 rings (SSSR count). The Labute approximate surface area is 107 Å². The largest absolute Gasteiger partial charge is 0.361 e. The van der Waals surface area contributed by atoms with E-state index >= 15 is 0 Å². The van der Waals surface area contributed by atoms with Crippen molar-refractivity contribution in [3.63, 3.8) is 0 Å². The molecule has 1 heterocycles. The summed E-state index contributed by atoms with van der Waals surface area (Å²) in [7, 11) is -2.40. The normalized spacial score (nSPS) is 11.4. The SMILES string of the molecule is CC(C)c1cc(NCC(=O)N=S(C)(C)=O)ncn1. The van der Waals surface area contributed by atoms with Crippen LogP contribution >= 0.6 is 0 Å². The Balaban J connectivity index is 2.67. The second-order valence-corrected chi connectivity index (χ2v) is 7.05. The molecule has 7 heteroatoms. The van der Waals surface area contributed by atoms with Crippen LogP contribution in [0.3, 0.4) is 0 Å². The van der Waals surface area contributed by atoms with E-state index in [0.29, 0.717) is 11.7 Å². The predicted octanol–water partition coefficient (Wildman–Crippen LogP) is 1.27. The molecule has 6 nitrogen and oxygen atoms in total. The smallest absolute Gasteiger partial charge is 0.273 e. The molecule has 0 saturated carbocycles. The third-order valence-electron chi connectivity index (χ3n) is 2.02. The van der Waals surface area contributed by atoms with Crippen molar-refractivity contribution in [1.82, 2.24) is 9.97 Å². The third-order valence-corrected chi connectivity index (χ3v) is 2.67. The number of nitrogens with one attached hydrogen (secondary N) is 1. The number of nitrogens with zero attached hydrogens (tertiary/aromatic N) is 3. The zero-order valence-corrected chi connectivity index (χ0v) is 11.8. The topological polar surface area (TPSA) is 84.3 Å². The van der Waals surface area contributed by atoms with Crippen molar-refractivity contribution in [2.75, 3.05) is 24.4 Å². The molecule has 0 atom stereocenters. The number of rotatable bonds is 4. The second kappa shape index (κ2) is 5.90. The first-order valence-electron chi connectivity index (χ1n) is 5.53. The third kappa shape index (κ3) is 5.22. The van der Waals surface area contributed by atoms with E-state index in [1.165, 1.54) is 18.8 Å². The van der Waals surface area contributed by atoms with E-state index in [2.05, 4.69) is 19.6 Å². The molecule has 1 N–H and O–H groups in total. The molecule has 0 aliphatic rings. The van der Waals surface area contributed by atoms with E-state index < -0.39 is 15.6 Å². The number of hydrogen-bond donors (Lipinski definition) is 1. The maximum absolute atomic E-state index is 11.4. The second-order valence-electron chi connectivity index (χ2n) is 4.50. The van der Waals surface area contributed by atoms with E-state index in [0.717, 1.165) is 5.69 Å². The number of anilines is 1. The van der Waals surface area contributed by atoms with Gasteiger partial charge in [-0.3, -0.25) is 4.79 Å². The maximum atomic E-state index is 11.4. The van der Waals surface area contributed by atoms with Crippen LogP contribution in [-0.2, 0) is 14.5 Å². The predicted molar refractivity (Wildman–Crippen MR) is 72.0 cm³/mol. The summed E-state index contributed by atoms with van der Waals surface area (Å²) in [6.07, 6.45) is 4.29. The van der Waals surface area contributed by atoms with Gasteiger partial charge < -0.3 is 5.32 Å². The Bertz CT molecular complexity index is 540. The van der Waals surface area contributed by atoms with Crippen LogP contribution in [0.4, 0.5) is 5.82 Å². The summed E-state index contributed by atoms with van der Waals surface area (Å²) in [6, 6.07) is 1.78. The minimum Gasteiger partial charge on any atom is -0.361 e. The summed E-state index contributed by atoms with van der Waals surface area (Å²) in [5.41, 5.74) is 0.895. The maximum Gasteiger partial charge on any atom is 0.273 e. The molecule has 0 aliphatic heterocycles. The highest BCUT2D eigenvalue weighted by Crippen LogP contribution is 2.13. The molecular formula is C11H18N4O2S. The van der Waals surface area contributed by atoms with Gasteiger partial charge in [0.2, 0.25) is 0 Å². The standard InChI is InChI=1S/C11H18N4O2S/c1-8(2)9-5-10(14-7-13-9)12-6-11(16)15-18(3,4)17/h5,7-8H,6H2,1-4H3,(H,12,13,14). The van der Waals surface area contributed by atoms with E-state index in [1.54, 1.807) is 6.07 Å². The van der Waals surface area contributed by atoms with Gasteiger partial charge in [-0.2, -0.15) is 4.36 Å². The van der Waals surface area contributed by atoms with Gasteiger partial charge in [0, 0.05) is 34.0 Å². The van der Waals surface area contributed by atoms with Crippen LogP contribution in [0.1, 0.15) is 25.5 Å². The molecular weight excluding hydrogens is 252 g/mol. The van der Waals surface area contributed by atoms with Crippen LogP contribution in [-0.4, -0.2) is 39.1 Å². The lowest BCUT2D eigenvalue weighted by Gasteiger charge is -2.07. The number of aromatic nitrogens is 2. The number of carbonyl (C=O) groups excluding carboxylic acids is 1. The first-order valence-corrected chi connectivity index (χ1v) is 7.87. The van der Waals surface area contributed by atoms with Gasteiger partial charge in [-0.05, 0) is 5.92 Å². The fourth-order valence-corrected chi connectivity index (χ4v) is 1.78. The Kier molecular flexibility index (Phi) is 4.77. The highest BCUT2D eigenvalue weighted by Gasteiger charge is 2.05. The summed E-state index contributed by atoms with van der Waals surface area (Å²) in [5, 5.41) is 2.84. The zero-order valence-electron chi connectivity index (χ0n) is 11.0. The molecule has 0 saturated heterocycles. The average Bonchev–Trinajstić information content (AvgIpc) is 2.24. The molecule has 0 fully saturated rings. The first kappa shape index (κ1) is 14.6. The molecule has 0 spiro atoms. The lowest BCUT2D eigenvalue weighted by Crippen LogP contribution is -2.14. The number of carbonyl (C=O) groups is 1. The molecule has 100 valence electrons. The van der Waals surface area contributed by atoms with E-state index in [-0.39, 0.29) is 6.54 Å². The summed E-state index contributed by atoms with van der Waals surface area (Å²) in [5.74, 6) is 0.407. The van der Waals surface area contributed by atoms with Crippen LogP contribution in [0.25, 0.3) is 0 Å². The van der Waals surface area contributed by atoms with Crippen molar-refractivity contribution < 1.29 is 9.00 Å². The Morgan fingerprint density at radius 2 is 2.11 bits per heavy atom. The van der Waals surface area contributed by atoms with Gasteiger partial charge in [0.1, 0.15) is 12.1 Å². The first-order chi connectivity index (χ1) is 8.28. The minimum absolute atomic E-state index is 0.0206. The zero-order chi connectivity index (χ0) is 13.8. The van der Waals surface area contributed by atoms with Crippen molar-refractivity contribution in [3.05, 3.63) is 18.1 Å². The Morgan fingerprint density at radius 3 is 2.67 bits per heavy atom. The number of hydrogen-bond acceptors (Lipinski definition) is 5. The van der Waals surface area contributed by atoms with Gasteiger partial charge in [-0.25, -0.2) is 14.2 Å². The van der Waals surface area contributed by atoms with Crippen LogP contribution in [0.5, 0.6) is 0 Å².